The van der Waals surface area contributed by atoms with Gasteiger partial charge in [-0.2, -0.15) is 5.26 Å². The maximum atomic E-state index is 8.93. The molecular formula is C14H20N2. The zero-order valence-corrected chi connectivity index (χ0v) is 10.5. The largest absolute Gasteiger partial charge is 0.309 e. The van der Waals surface area contributed by atoms with Gasteiger partial charge >= 0.3 is 0 Å². The molecule has 0 saturated heterocycles. The van der Waals surface area contributed by atoms with Crippen LogP contribution in [-0.4, -0.2) is 6.54 Å². The minimum atomic E-state index is -0.307. The Morgan fingerprint density at radius 3 is 2.69 bits per heavy atom. The summed E-state index contributed by atoms with van der Waals surface area (Å²) in [4.78, 5) is 0. The standard InChI is InChI=1S/C14H20N2/c1-11-6-5-7-13(8-11)12(2)16-10-14(3,4)9-15/h5-8,12,16H,10H2,1-4H3. The summed E-state index contributed by atoms with van der Waals surface area (Å²) in [5, 5.41) is 12.3. The molecule has 0 spiro atoms. The smallest absolute Gasteiger partial charge is 0.0697 e. The molecular weight excluding hydrogens is 196 g/mol. The van der Waals surface area contributed by atoms with E-state index in [-0.39, 0.29) is 11.5 Å². The van der Waals surface area contributed by atoms with Crippen molar-refractivity contribution in [2.75, 3.05) is 6.54 Å². The molecule has 1 N–H and O–H groups in total. The lowest BCUT2D eigenvalue weighted by atomic mass is 9.95. The molecule has 0 aliphatic carbocycles. The molecule has 0 aromatic heterocycles. The van der Waals surface area contributed by atoms with E-state index in [1.54, 1.807) is 0 Å². The normalized spacial score (nSPS) is 13.2. The zero-order chi connectivity index (χ0) is 12.2. The van der Waals surface area contributed by atoms with Crippen LogP contribution in [-0.2, 0) is 0 Å². The van der Waals surface area contributed by atoms with Gasteiger partial charge in [-0.1, -0.05) is 29.8 Å². The van der Waals surface area contributed by atoms with Crippen molar-refractivity contribution >= 4 is 0 Å². The molecule has 86 valence electrons. The Kier molecular flexibility index (Phi) is 4.09. The molecule has 1 aromatic carbocycles. The third-order valence-electron chi connectivity index (χ3n) is 2.69. The lowest BCUT2D eigenvalue weighted by Crippen LogP contribution is -2.30. The van der Waals surface area contributed by atoms with Crippen LogP contribution in [0.4, 0.5) is 0 Å². The summed E-state index contributed by atoms with van der Waals surface area (Å²) in [6, 6.07) is 11.0. The van der Waals surface area contributed by atoms with E-state index < -0.39 is 0 Å². The third kappa shape index (κ3) is 3.67. The second-order valence-electron chi connectivity index (χ2n) is 5.01. The Morgan fingerprint density at radius 1 is 1.44 bits per heavy atom. The highest BCUT2D eigenvalue weighted by atomic mass is 14.9. The Morgan fingerprint density at radius 2 is 2.12 bits per heavy atom. The van der Waals surface area contributed by atoms with E-state index in [1.807, 2.05) is 13.8 Å². The number of nitrogens with zero attached hydrogens (tertiary/aromatic N) is 1. The minimum absolute atomic E-state index is 0.285. The maximum Gasteiger partial charge on any atom is 0.0697 e. The van der Waals surface area contributed by atoms with Gasteiger partial charge in [-0.3, -0.25) is 0 Å². The maximum absolute atomic E-state index is 8.93. The second kappa shape index (κ2) is 5.14. The Labute approximate surface area is 98.3 Å². The van der Waals surface area contributed by atoms with Gasteiger partial charge in [-0.25, -0.2) is 0 Å². The van der Waals surface area contributed by atoms with Crippen molar-refractivity contribution in [2.24, 2.45) is 5.41 Å². The van der Waals surface area contributed by atoms with E-state index in [1.165, 1.54) is 11.1 Å². The van der Waals surface area contributed by atoms with Gasteiger partial charge in [0.05, 0.1) is 11.5 Å². The Hall–Kier alpha value is -1.33. The highest BCUT2D eigenvalue weighted by Crippen LogP contribution is 2.17. The predicted octanol–water partition coefficient (Wildman–Crippen LogP) is 3.20. The molecule has 16 heavy (non-hydrogen) atoms. The first-order valence-corrected chi connectivity index (χ1v) is 5.66. The van der Waals surface area contributed by atoms with E-state index in [9.17, 15) is 0 Å². The number of hydrogen-bond acceptors (Lipinski definition) is 2. The summed E-state index contributed by atoms with van der Waals surface area (Å²) in [5.74, 6) is 0. The van der Waals surface area contributed by atoms with Gasteiger partial charge in [-0.05, 0) is 33.3 Å². The van der Waals surface area contributed by atoms with Crippen LogP contribution in [0.25, 0.3) is 0 Å². The first kappa shape index (κ1) is 12.7. The molecule has 0 fully saturated rings. The lowest BCUT2D eigenvalue weighted by Gasteiger charge is -2.21. The molecule has 0 aliphatic rings. The highest BCUT2D eigenvalue weighted by Gasteiger charge is 2.17. The number of benzene rings is 1. The number of nitriles is 1. The minimum Gasteiger partial charge on any atom is -0.309 e. The number of rotatable bonds is 4. The SMILES string of the molecule is Cc1cccc(C(C)NCC(C)(C)C#N)c1. The van der Waals surface area contributed by atoms with E-state index in [0.717, 1.165) is 0 Å². The van der Waals surface area contributed by atoms with Gasteiger partial charge in [0.1, 0.15) is 0 Å². The molecule has 0 radical (unpaired) electrons. The van der Waals surface area contributed by atoms with E-state index in [0.29, 0.717) is 6.54 Å². The molecule has 0 amide bonds. The molecule has 1 unspecified atom stereocenters. The van der Waals surface area contributed by atoms with Gasteiger partial charge in [0.25, 0.3) is 0 Å². The first-order valence-electron chi connectivity index (χ1n) is 5.66. The van der Waals surface area contributed by atoms with Gasteiger partial charge in [0.2, 0.25) is 0 Å². The average molecular weight is 216 g/mol. The van der Waals surface area contributed by atoms with Crippen molar-refractivity contribution in [3.05, 3.63) is 35.4 Å². The molecule has 1 aromatic rings. The molecule has 0 aliphatic heterocycles. The van der Waals surface area contributed by atoms with Crippen LogP contribution in [0.15, 0.2) is 24.3 Å². The summed E-state index contributed by atoms with van der Waals surface area (Å²) < 4.78 is 0. The molecule has 1 atom stereocenters. The fraction of sp³-hybridized carbons (Fsp3) is 0.500. The lowest BCUT2D eigenvalue weighted by molar-refractivity contribution is 0.415. The van der Waals surface area contributed by atoms with Crippen molar-refractivity contribution in [3.63, 3.8) is 0 Å². The van der Waals surface area contributed by atoms with E-state index in [2.05, 4.69) is 49.5 Å². The van der Waals surface area contributed by atoms with Crippen LogP contribution in [0.5, 0.6) is 0 Å². The summed E-state index contributed by atoms with van der Waals surface area (Å²) in [6.45, 7) is 8.82. The van der Waals surface area contributed by atoms with E-state index in [4.69, 9.17) is 5.26 Å². The van der Waals surface area contributed by atoms with Crippen LogP contribution in [0.1, 0.15) is 37.9 Å². The molecule has 1 rings (SSSR count). The van der Waals surface area contributed by atoms with Crippen LogP contribution in [0.2, 0.25) is 0 Å². The fourth-order valence-corrected chi connectivity index (χ4v) is 1.51. The molecule has 2 heteroatoms. The Balaban J connectivity index is 2.60. The van der Waals surface area contributed by atoms with Gasteiger partial charge in [0, 0.05) is 12.6 Å². The molecule has 0 bridgehead atoms. The summed E-state index contributed by atoms with van der Waals surface area (Å²) in [6.07, 6.45) is 0. The van der Waals surface area contributed by atoms with Crippen molar-refractivity contribution in [2.45, 2.75) is 33.7 Å². The van der Waals surface area contributed by atoms with Crippen LogP contribution < -0.4 is 5.32 Å². The van der Waals surface area contributed by atoms with Gasteiger partial charge in [-0.15, -0.1) is 0 Å². The van der Waals surface area contributed by atoms with Crippen molar-refractivity contribution in [1.29, 1.82) is 5.26 Å². The van der Waals surface area contributed by atoms with Crippen LogP contribution >= 0.6 is 0 Å². The number of aryl methyl sites for hydroxylation is 1. The Bertz CT molecular complexity index is 388. The predicted molar refractivity (Wildman–Crippen MR) is 67.0 cm³/mol. The summed E-state index contributed by atoms with van der Waals surface area (Å²) in [7, 11) is 0. The highest BCUT2D eigenvalue weighted by molar-refractivity contribution is 5.24. The number of hydrogen-bond donors (Lipinski definition) is 1. The zero-order valence-electron chi connectivity index (χ0n) is 10.5. The fourth-order valence-electron chi connectivity index (χ4n) is 1.51. The monoisotopic (exact) mass is 216 g/mol. The van der Waals surface area contributed by atoms with Crippen molar-refractivity contribution in [1.82, 2.24) is 5.32 Å². The molecule has 2 nitrogen and oxygen atoms in total. The average Bonchev–Trinajstić information content (AvgIpc) is 2.26. The topological polar surface area (TPSA) is 35.8 Å². The van der Waals surface area contributed by atoms with Crippen molar-refractivity contribution in [3.8, 4) is 6.07 Å². The second-order valence-corrected chi connectivity index (χ2v) is 5.01. The van der Waals surface area contributed by atoms with E-state index >= 15 is 0 Å². The van der Waals surface area contributed by atoms with Crippen LogP contribution in [0, 0.1) is 23.7 Å². The van der Waals surface area contributed by atoms with Crippen LogP contribution in [0.3, 0.4) is 0 Å². The van der Waals surface area contributed by atoms with Crippen molar-refractivity contribution < 1.29 is 0 Å². The third-order valence-corrected chi connectivity index (χ3v) is 2.69. The van der Waals surface area contributed by atoms with Gasteiger partial charge < -0.3 is 5.32 Å². The summed E-state index contributed by atoms with van der Waals surface area (Å²) in [5.41, 5.74) is 2.23. The number of nitrogens with one attached hydrogen (secondary N) is 1. The molecule has 0 saturated carbocycles. The molecule has 0 heterocycles. The quantitative estimate of drug-likeness (QED) is 0.839. The first-order chi connectivity index (χ1) is 7.44. The summed E-state index contributed by atoms with van der Waals surface area (Å²) >= 11 is 0. The van der Waals surface area contributed by atoms with Gasteiger partial charge in [0.15, 0.2) is 0 Å².